The van der Waals surface area contributed by atoms with E-state index in [0.29, 0.717) is 43.7 Å². The molecular weight excluding hydrogens is 660 g/mol. The highest BCUT2D eigenvalue weighted by atomic mass is 16.7. The zero-order valence-electron chi connectivity index (χ0n) is 31.6. The monoisotopic (exact) mass is 718 g/mol. The lowest BCUT2D eigenvalue weighted by Crippen LogP contribution is -2.70. The molecule has 0 saturated heterocycles. The first-order valence-electron chi connectivity index (χ1n) is 19.1. The van der Waals surface area contributed by atoms with Crippen LogP contribution in [0.3, 0.4) is 0 Å². The number of aryl methyl sites for hydroxylation is 2. The molecule has 10 nitrogen and oxygen atoms in total. The molecule has 5 rings (SSSR count). The molecule has 2 aromatic rings. The molecule has 1 saturated carbocycles. The minimum absolute atomic E-state index is 0.120. The SMILES string of the molecule is C=CCOC12Oc3ccc(Oc4ccc(C)c(C)c4)cc3C3C(CCCCO)C(CCCCO)C=C(C(=NOC)CC1N(CCC)C(=O)OCC)C32. The summed E-state index contributed by atoms with van der Waals surface area (Å²) in [5.74, 6) is 0.567. The number of hydrogen-bond acceptors (Lipinski definition) is 9. The van der Waals surface area contributed by atoms with Crippen molar-refractivity contribution in [2.45, 2.75) is 96.8 Å². The Bertz CT molecular complexity index is 1590. The molecule has 0 aromatic heterocycles. The number of ether oxygens (including phenoxy) is 4. The Hall–Kier alpha value is -3.86. The Morgan fingerprint density at radius 2 is 1.77 bits per heavy atom. The van der Waals surface area contributed by atoms with Crippen LogP contribution in [0.25, 0.3) is 0 Å². The van der Waals surface area contributed by atoms with Crippen molar-refractivity contribution >= 4 is 11.8 Å². The smallest absolute Gasteiger partial charge is 0.410 e. The molecule has 1 fully saturated rings. The maximum absolute atomic E-state index is 13.8. The van der Waals surface area contributed by atoms with E-state index in [-0.39, 0.29) is 50.1 Å². The van der Waals surface area contributed by atoms with E-state index in [0.717, 1.165) is 53.8 Å². The Morgan fingerprint density at radius 1 is 1.04 bits per heavy atom. The average Bonchev–Trinajstić information content (AvgIpc) is 3.13. The highest BCUT2D eigenvalue weighted by Gasteiger charge is 2.65. The molecule has 1 aliphatic heterocycles. The molecule has 2 aromatic carbocycles. The fraction of sp³-hybridized carbons (Fsp3) is 0.571. The Kier molecular flexibility index (Phi) is 13.8. The van der Waals surface area contributed by atoms with Gasteiger partial charge in [-0.15, -0.1) is 6.58 Å². The second-order valence-electron chi connectivity index (χ2n) is 14.2. The molecule has 6 unspecified atom stereocenters. The Labute approximate surface area is 309 Å². The number of amides is 1. The van der Waals surface area contributed by atoms with Gasteiger partial charge in [0.25, 0.3) is 0 Å². The van der Waals surface area contributed by atoms with Crippen molar-refractivity contribution in [1.29, 1.82) is 0 Å². The third-order valence-corrected chi connectivity index (χ3v) is 10.9. The molecule has 0 radical (unpaired) electrons. The zero-order chi connectivity index (χ0) is 37.3. The van der Waals surface area contributed by atoms with Gasteiger partial charge in [0.05, 0.1) is 24.8 Å². The molecule has 0 spiro atoms. The number of oxime groups is 1. The maximum atomic E-state index is 13.8. The lowest BCUT2D eigenvalue weighted by atomic mass is 9.55. The number of fused-ring (bicyclic) bond motifs is 2. The first kappa shape index (κ1) is 39.3. The molecule has 2 N–H and O–H groups in total. The third-order valence-electron chi connectivity index (χ3n) is 10.9. The summed E-state index contributed by atoms with van der Waals surface area (Å²) in [6.07, 6.45) is 9.49. The molecular formula is C42H58N2O8. The van der Waals surface area contributed by atoms with Gasteiger partial charge >= 0.3 is 6.09 Å². The number of rotatable bonds is 18. The molecule has 2 aliphatic carbocycles. The van der Waals surface area contributed by atoms with Gasteiger partial charge in [0, 0.05) is 37.7 Å². The van der Waals surface area contributed by atoms with Crippen molar-refractivity contribution in [2.75, 3.05) is 40.1 Å². The number of unbranched alkanes of at least 4 members (excludes halogenated alkanes) is 2. The van der Waals surface area contributed by atoms with E-state index in [1.165, 1.54) is 5.56 Å². The lowest BCUT2D eigenvalue weighted by molar-refractivity contribution is -0.255. The molecule has 6 atom stereocenters. The number of benzene rings is 2. The van der Waals surface area contributed by atoms with Gasteiger partial charge in [-0.2, -0.15) is 0 Å². The summed E-state index contributed by atoms with van der Waals surface area (Å²) >= 11 is 0. The second-order valence-corrected chi connectivity index (χ2v) is 14.2. The molecule has 1 heterocycles. The van der Waals surface area contributed by atoms with Gasteiger partial charge in [-0.3, -0.25) is 4.90 Å². The molecule has 284 valence electrons. The minimum atomic E-state index is -1.31. The van der Waals surface area contributed by atoms with Crippen molar-refractivity contribution in [1.82, 2.24) is 4.90 Å². The van der Waals surface area contributed by atoms with Crippen LogP contribution in [0.4, 0.5) is 4.79 Å². The topological polar surface area (TPSA) is 119 Å². The summed E-state index contributed by atoms with van der Waals surface area (Å²) in [6, 6.07) is 11.5. The van der Waals surface area contributed by atoms with Gasteiger partial charge in [-0.25, -0.2) is 4.79 Å². The Morgan fingerprint density at radius 3 is 2.44 bits per heavy atom. The van der Waals surface area contributed by atoms with Crippen molar-refractivity contribution in [3.8, 4) is 17.2 Å². The number of nitrogens with zero attached hydrogens (tertiary/aromatic N) is 2. The summed E-state index contributed by atoms with van der Waals surface area (Å²) in [5, 5.41) is 24.2. The quantitative estimate of drug-likeness (QED) is 0.0899. The van der Waals surface area contributed by atoms with Crippen LogP contribution in [0.2, 0.25) is 0 Å². The zero-order valence-corrected chi connectivity index (χ0v) is 31.6. The van der Waals surface area contributed by atoms with Gasteiger partial charge in [0.2, 0.25) is 5.79 Å². The van der Waals surface area contributed by atoms with Crippen LogP contribution in [0, 0.1) is 31.6 Å². The van der Waals surface area contributed by atoms with Crippen LogP contribution in [0.15, 0.2) is 65.9 Å². The number of carbonyl (C=O) groups is 1. The van der Waals surface area contributed by atoms with Gasteiger partial charge < -0.3 is 34.0 Å². The van der Waals surface area contributed by atoms with Crippen molar-refractivity contribution in [3.63, 3.8) is 0 Å². The van der Waals surface area contributed by atoms with Gasteiger partial charge in [-0.05, 0) is 112 Å². The van der Waals surface area contributed by atoms with Gasteiger partial charge in [0.15, 0.2) is 0 Å². The van der Waals surface area contributed by atoms with Crippen LogP contribution in [-0.4, -0.2) is 78.8 Å². The summed E-state index contributed by atoms with van der Waals surface area (Å²) in [7, 11) is 1.55. The molecule has 0 bridgehead atoms. The third kappa shape index (κ3) is 8.19. The number of allylic oxidation sites excluding steroid dienone is 1. The summed E-state index contributed by atoms with van der Waals surface area (Å²) in [5.41, 5.74) is 5.09. The van der Waals surface area contributed by atoms with Gasteiger partial charge in [0.1, 0.15) is 30.4 Å². The van der Waals surface area contributed by atoms with E-state index in [4.69, 9.17) is 23.8 Å². The predicted molar refractivity (Wildman–Crippen MR) is 202 cm³/mol. The lowest BCUT2D eigenvalue weighted by Gasteiger charge is -2.59. The number of aliphatic hydroxyl groups is 2. The summed E-state index contributed by atoms with van der Waals surface area (Å²) in [4.78, 5) is 21.1. The number of hydrogen-bond donors (Lipinski definition) is 2. The van der Waals surface area contributed by atoms with Crippen LogP contribution in [-0.2, 0) is 14.3 Å². The van der Waals surface area contributed by atoms with Gasteiger partial charge in [-0.1, -0.05) is 43.1 Å². The molecule has 10 heteroatoms. The van der Waals surface area contributed by atoms with Crippen LogP contribution in [0.1, 0.15) is 87.8 Å². The molecule has 52 heavy (non-hydrogen) atoms. The van der Waals surface area contributed by atoms with E-state index >= 15 is 0 Å². The van der Waals surface area contributed by atoms with Crippen molar-refractivity contribution in [2.24, 2.45) is 22.9 Å². The van der Waals surface area contributed by atoms with E-state index in [9.17, 15) is 15.0 Å². The van der Waals surface area contributed by atoms with Crippen LogP contribution < -0.4 is 9.47 Å². The largest absolute Gasteiger partial charge is 0.459 e. The first-order chi connectivity index (χ1) is 25.3. The summed E-state index contributed by atoms with van der Waals surface area (Å²) in [6.45, 7) is 13.1. The van der Waals surface area contributed by atoms with E-state index < -0.39 is 17.9 Å². The van der Waals surface area contributed by atoms with Crippen molar-refractivity contribution < 1.29 is 38.8 Å². The van der Waals surface area contributed by atoms with E-state index in [1.54, 1.807) is 18.1 Å². The van der Waals surface area contributed by atoms with Crippen molar-refractivity contribution in [3.05, 3.63) is 77.4 Å². The van der Waals surface area contributed by atoms with Crippen LogP contribution in [0.5, 0.6) is 17.2 Å². The second kappa shape index (κ2) is 18.3. The number of carbonyl (C=O) groups excluding carboxylic acids is 1. The van der Waals surface area contributed by atoms with Crippen LogP contribution >= 0.6 is 0 Å². The molecule has 3 aliphatic rings. The fourth-order valence-electron chi connectivity index (χ4n) is 8.56. The average molecular weight is 719 g/mol. The summed E-state index contributed by atoms with van der Waals surface area (Å²) < 4.78 is 26.3. The maximum Gasteiger partial charge on any atom is 0.410 e. The highest BCUT2D eigenvalue weighted by Crippen LogP contribution is 2.62. The fourth-order valence-corrected chi connectivity index (χ4v) is 8.56. The standard InChI is InChI=1S/C42H58N2O8/c1-7-20-44(41(47)49-9-3)38-27-36(43-48-6)34-25-30(14-10-12-21-45)33(15-11-13-22-46)39-35-26-32(51-31-17-16-28(4)29(5)24-31)18-19-37(35)52-42(38,40(34)39)50-23-8-2/h8,16-19,24-26,30,33,38-40,45-46H,2,7,9-15,20-23,27H2,1,3-6H3. The van der Waals surface area contributed by atoms with E-state index in [2.05, 4.69) is 43.8 Å². The normalized spacial score (nSPS) is 25.3. The Balaban J connectivity index is 1.76. The predicted octanol–water partition coefficient (Wildman–Crippen LogP) is 8.23. The first-order valence-corrected chi connectivity index (χ1v) is 19.1. The minimum Gasteiger partial charge on any atom is -0.459 e. The highest BCUT2D eigenvalue weighted by molar-refractivity contribution is 6.02. The number of aliphatic hydroxyl groups excluding tert-OH is 2. The van der Waals surface area contributed by atoms with E-state index in [1.807, 2.05) is 38.1 Å². The molecule has 1 amide bonds.